The summed E-state index contributed by atoms with van der Waals surface area (Å²) in [5.74, 6) is -0.775. The molecule has 0 bridgehead atoms. The van der Waals surface area contributed by atoms with E-state index in [1.165, 1.54) is 12.8 Å². The van der Waals surface area contributed by atoms with Gasteiger partial charge in [0.1, 0.15) is 6.04 Å². The predicted molar refractivity (Wildman–Crippen MR) is 62.5 cm³/mol. The van der Waals surface area contributed by atoms with Crippen LogP contribution in [0.25, 0.3) is 0 Å². The number of carboxylic acids is 1. The summed E-state index contributed by atoms with van der Waals surface area (Å²) >= 11 is 0. The van der Waals surface area contributed by atoms with Gasteiger partial charge in [0.05, 0.1) is 6.10 Å². The van der Waals surface area contributed by atoms with Crippen molar-refractivity contribution in [2.24, 2.45) is 0 Å². The molecule has 1 atom stereocenters. The highest BCUT2D eigenvalue weighted by Crippen LogP contribution is 2.20. The summed E-state index contributed by atoms with van der Waals surface area (Å²) in [7, 11) is 0. The van der Waals surface area contributed by atoms with E-state index in [4.69, 9.17) is 9.84 Å². The monoisotopic (exact) mass is 229 g/mol. The minimum absolute atomic E-state index is 0.376. The van der Waals surface area contributed by atoms with Crippen LogP contribution in [0.1, 0.15) is 45.4 Å². The molecule has 0 heterocycles. The van der Waals surface area contributed by atoms with Gasteiger partial charge in [0.15, 0.2) is 0 Å². The minimum atomic E-state index is -0.775. The zero-order valence-electron chi connectivity index (χ0n) is 10.1. The third-order valence-corrected chi connectivity index (χ3v) is 3.00. The molecule has 16 heavy (non-hydrogen) atoms. The maximum Gasteiger partial charge on any atom is 0.320 e. The second kappa shape index (κ2) is 7.63. The molecule has 1 aliphatic carbocycles. The number of hydrogen-bond donors (Lipinski definition) is 2. The van der Waals surface area contributed by atoms with E-state index in [-0.39, 0.29) is 0 Å². The molecule has 0 aliphatic heterocycles. The Morgan fingerprint density at radius 2 is 2.19 bits per heavy atom. The van der Waals surface area contributed by atoms with Gasteiger partial charge in [0.2, 0.25) is 0 Å². The maximum atomic E-state index is 10.9. The third kappa shape index (κ3) is 4.94. The molecule has 4 nitrogen and oxygen atoms in total. The molecule has 0 spiro atoms. The topological polar surface area (TPSA) is 58.6 Å². The molecule has 4 heteroatoms. The molecule has 94 valence electrons. The first-order valence-corrected chi connectivity index (χ1v) is 6.31. The average molecular weight is 229 g/mol. The quantitative estimate of drug-likeness (QED) is 0.666. The first kappa shape index (κ1) is 13.5. The first-order valence-electron chi connectivity index (χ1n) is 6.31. The van der Waals surface area contributed by atoms with Crippen molar-refractivity contribution in [2.75, 3.05) is 13.2 Å². The molecule has 0 radical (unpaired) electrons. The Morgan fingerprint density at radius 1 is 1.50 bits per heavy atom. The van der Waals surface area contributed by atoms with Crippen LogP contribution in [0.15, 0.2) is 0 Å². The summed E-state index contributed by atoms with van der Waals surface area (Å²) in [6.07, 6.45) is 6.67. The van der Waals surface area contributed by atoms with Gasteiger partial charge in [-0.25, -0.2) is 0 Å². The molecule has 0 saturated heterocycles. The van der Waals surface area contributed by atoms with Crippen LogP contribution in [0.5, 0.6) is 0 Å². The SMILES string of the molecule is CCCNC(CCOC1CCCC1)C(=O)O. The van der Waals surface area contributed by atoms with Crippen molar-refractivity contribution in [2.45, 2.75) is 57.6 Å². The second-order valence-electron chi connectivity index (χ2n) is 4.41. The summed E-state index contributed by atoms with van der Waals surface area (Å²) < 4.78 is 5.66. The summed E-state index contributed by atoms with van der Waals surface area (Å²) in [6.45, 7) is 3.33. The summed E-state index contributed by atoms with van der Waals surface area (Å²) in [5.41, 5.74) is 0. The van der Waals surface area contributed by atoms with Crippen molar-refractivity contribution < 1.29 is 14.6 Å². The highest BCUT2D eigenvalue weighted by atomic mass is 16.5. The van der Waals surface area contributed by atoms with Gasteiger partial charge in [-0.1, -0.05) is 19.8 Å². The average Bonchev–Trinajstić information content (AvgIpc) is 2.75. The lowest BCUT2D eigenvalue weighted by Crippen LogP contribution is -2.38. The summed E-state index contributed by atoms with van der Waals surface area (Å²) in [6, 6.07) is -0.457. The Labute approximate surface area is 97.4 Å². The first-order chi connectivity index (χ1) is 7.74. The van der Waals surface area contributed by atoms with Crippen LogP contribution in [-0.2, 0) is 9.53 Å². The van der Waals surface area contributed by atoms with Gasteiger partial charge in [0, 0.05) is 6.61 Å². The summed E-state index contributed by atoms with van der Waals surface area (Å²) in [5, 5.41) is 12.0. The van der Waals surface area contributed by atoms with Gasteiger partial charge in [-0.3, -0.25) is 4.79 Å². The fourth-order valence-electron chi connectivity index (χ4n) is 2.04. The van der Waals surface area contributed by atoms with Gasteiger partial charge < -0.3 is 15.2 Å². The molecule has 1 aliphatic rings. The van der Waals surface area contributed by atoms with Crippen LogP contribution < -0.4 is 5.32 Å². The van der Waals surface area contributed by atoms with E-state index in [0.29, 0.717) is 19.1 Å². The normalized spacial score (nSPS) is 18.8. The summed E-state index contributed by atoms with van der Waals surface area (Å²) in [4.78, 5) is 10.9. The second-order valence-corrected chi connectivity index (χ2v) is 4.41. The Kier molecular flexibility index (Phi) is 6.42. The van der Waals surface area contributed by atoms with E-state index in [0.717, 1.165) is 25.8 Å². The van der Waals surface area contributed by atoms with Crippen LogP contribution >= 0.6 is 0 Å². The van der Waals surface area contributed by atoms with Crippen LogP contribution in [-0.4, -0.2) is 36.4 Å². The molecular formula is C12H23NO3. The van der Waals surface area contributed by atoms with Gasteiger partial charge in [-0.05, 0) is 32.2 Å². The Hall–Kier alpha value is -0.610. The van der Waals surface area contributed by atoms with Crippen LogP contribution in [0, 0.1) is 0 Å². The molecular weight excluding hydrogens is 206 g/mol. The number of nitrogens with one attached hydrogen (secondary N) is 1. The van der Waals surface area contributed by atoms with Crippen molar-refractivity contribution in [3.05, 3.63) is 0 Å². The van der Waals surface area contributed by atoms with Gasteiger partial charge >= 0.3 is 5.97 Å². The number of aliphatic carboxylic acids is 1. The molecule has 0 aromatic rings. The molecule has 1 rings (SSSR count). The number of rotatable bonds is 8. The highest BCUT2D eigenvalue weighted by molar-refractivity contribution is 5.73. The van der Waals surface area contributed by atoms with E-state index in [1.54, 1.807) is 0 Å². The van der Waals surface area contributed by atoms with E-state index >= 15 is 0 Å². The Bertz CT molecular complexity index is 202. The van der Waals surface area contributed by atoms with E-state index in [1.807, 2.05) is 6.92 Å². The lowest BCUT2D eigenvalue weighted by Gasteiger charge is -2.16. The van der Waals surface area contributed by atoms with Gasteiger partial charge in [-0.15, -0.1) is 0 Å². The third-order valence-electron chi connectivity index (χ3n) is 3.00. The van der Waals surface area contributed by atoms with E-state index in [2.05, 4.69) is 5.32 Å². The highest BCUT2D eigenvalue weighted by Gasteiger charge is 2.19. The zero-order chi connectivity index (χ0) is 11.8. The van der Waals surface area contributed by atoms with Crippen molar-refractivity contribution in [3.8, 4) is 0 Å². The molecule has 1 unspecified atom stereocenters. The number of carbonyl (C=O) groups is 1. The minimum Gasteiger partial charge on any atom is -0.480 e. The Balaban J connectivity index is 2.13. The van der Waals surface area contributed by atoms with Crippen molar-refractivity contribution in [1.29, 1.82) is 0 Å². The largest absolute Gasteiger partial charge is 0.480 e. The Morgan fingerprint density at radius 3 is 2.75 bits per heavy atom. The van der Waals surface area contributed by atoms with Gasteiger partial charge in [0.25, 0.3) is 0 Å². The van der Waals surface area contributed by atoms with Crippen LogP contribution in [0.4, 0.5) is 0 Å². The zero-order valence-corrected chi connectivity index (χ0v) is 10.1. The maximum absolute atomic E-state index is 10.9. The van der Waals surface area contributed by atoms with Crippen molar-refractivity contribution >= 4 is 5.97 Å². The van der Waals surface area contributed by atoms with Crippen LogP contribution in [0.3, 0.4) is 0 Å². The number of ether oxygens (including phenoxy) is 1. The lowest BCUT2D eigenvalue weighted by molar-refractivity contribution is -0.140. The fourth-order valence-corrected chi connectivity index (χ4v) is 2.04. The van der Waals surface area contributed by atoms with Crippen molar-refractivity contribution in [3.63, 3.8) is 0 Å². The van der Waals surface area contributed by atoms with Crippen molar-refractivity contribution in [1.82, 2.24) is 5.32 Å². The smallest absolute Gasteiger partial charge is 0.320 e. The number of hydrogen-bond acceptors (Lipinski definition) is 3. The molecule has 1 fully saturated rings. The standard InChI is InChI=1S/C12H23NO3/c1-2-8-13-11(12(14)15)7-9-16-10-5-3-4-6-10/h10-11,13H,2-9H2,1H3,(H,14,15). The van der Waals surface area contributed by atoms with E-state index in [9.17, 15) is 4.79 Å². The molecule has 0 amide bonds. The molecule has 1 saturated carbocycles. The lowest BCUT2D eigenvalue weighted by atomic mass is 10.2. The fraction of sp³-hybridized carbons (Fsp3) is 0.917. The molecule has 0 aromatic heterocycles. The van der Waals surface area contributed by atoms with E-state index < -0.39 is 12.0 Å². The van der Waals surface area contributed by atoms with Crippen LogP contribution in [0.2, 0.25) is 0 Å². The van der Waals surface area contributed by atoms with Gasteiger partial charge in [-0.2, -0.15) is 0 Å². The number of carboxylic acid groups (broad SMARTS) is 1. The molecule has 2 N–H and O–H groups in total. The predicted octanol–water partition coefficient (Wildman–Crippen LogP) is 1.79. The molecule has 0 aromatic carbocycles.